The molecule has 1 aromatic carbocycles. The molecule has 6 nitrogen and oxygen atoms in total. The van der Waals surface area contributed by atoms with Crippen molar-refractivity contribution in [1.29, 1.82) is 0 Å². The van der Waals surface area contributed by atoms with E-state index in [0.29, 0.717) is 6.54 Å². The molecule has 0 bridgehead atoms. The number of rotatable bonds is 9. The van der Waals surface area contributed by atoms with E-state index in [1.54, 1.807) is 23.6 Å². The average Bonchev–Trinajstić information content (AvgIpc) is 2.95. The van der Waals surface area contributed by atoms with Crippen LogP contribution in [0.2, 0.25) is 0 Å². The molecule has 1 N–H and O–H groups in total. The summed E-state index contributed by atoms with van der Waals surface area (Å²) in [6.07, 6.45) is 2.95. The van der Waals surface area contributed by atoms with Gasteiger partial charge in [-0.3, -0.25) is 0 Å². The highest BCUT2D eigenvalue weighted by atomic mass is 32.2. The maximum Gasteiger partial charge on any atom is 0.209 e. The second kappa shape index (κ2) is 8.63. The van der Waals surface area contributed by atoms with Crippen LogP contribution < -0.4 is 4.74 Å². The molecular weight excluding hydrogens is 288 g/mol. The fourth-order valence-corrected chi connectivity index (χ4v) is 2.73. The molecule has 21 heavy (non-hydrogen) atoms. The summed E-state index contributed by atoms with van der Waals surface area (Å²) in [6.45, 7) is 0.913. The molecule has 1 heterocycles. The summed E-state index contributed by atoms with van der Waals surface area (Å²) in [5.74, 6) is 1.80. The topological polar surface area (TPSA) is 73.1 Å². The van der Waals surface area contributed by atoms with E-state index < -0.39 is 0 Å². The first-order chi connectivity index (χ1) is 10.3. The molecule has 0 saturated heterocycles. The quantitative estimate of drug-likeness (QED) is 0.564. The zero-order valence-corrected chi connectivity index (χ0v) is 12.9. The molecule has 0 spiro atoms. The SMILES string of the molecule is COc1ccc(Cn2nnnc2SCCCCCO)cc1. The van der Waals surface area contributed by atoms with Crippen LogP contribution >= 0.6 is 11.8 Å². The summed E-state index contributed by atoms with van der Waals surface area (Å²) in [5, 5.41) is 21.4. The lowest BCUT2D eigenvalue weighted by atomic mass is 10.2. The van der Waals surface area contributed by atoms with E-state index in [1.807, 2.05) is 24.3 Å². The van der Waals surface area contributed by atoms with Gasteiger partial charge in [-0.2, -0.15) is 0 Å². The predicted molar refractivity (Wildman–Crippen MR) is 81.6 cm³/mol. The van der Waals surface area contributed by atoms with Gasteiger partial charge in [0.2, 0.25) is 5.16 Å². The highest BCUT2D eigenvalue weighted by molar-refractivity contribution is 7.99. The van der Waals surface area contributed by atoms with Gasteiger partial charge in [-0.25, -0.2) is 4.68 Å². The van der Waals surface area contributed by atoms with E-state index in [2.05, 4.69) is 15.5 Å². The molecule has 0 atom stereocenters. The van der Waals surface area contributed by atoms with Crippen LogP contribution in [-0.2, 0) is 6.54 Å². The van der Waals surface area contributed by atoms with E-state index in [4.69, 9.17) is 9.84 Å². The van der Waals surface area contributed by atoms with Crippen LogP contribution in [0.3, 0.4) is 0 Å². The van der Waals surface area contributed by atoms with Crippen molar-refractivity contribution in [2.45, 2.75) is 31.0 Å². The van der Waals surface area contributed by atoms with Gasteiger partial charge < -0.3 is 9.84 Å². The second-order valence-corrected chi connectivity index (χ2v) is 5.66. The van der Waals surface area contributed by atoms with E-state index in [0.717, 1.165) is 41.5 Å². The smallest absolute Gasteiger partial charge is 0.209 e. The zero-order valence-electron chi connectivity index (χ0n) is 12.1. The standard InChI is InChI=1S/C14H20N4O2S/c1-20-13-7-5-12(6-8-13)11-18-14(15-16-17-18)21-10-4-2-3-9-19/h5-8,19H,2-4,9-11H2,1H3. The van der Waals surface area contributed by atoms with Gasteiger partial charge in [0.1, 0.15) is 5.75 Å². The largest absolute Gasteiger partial charge is 0.497 e. The maximum atomic E-state index is 8.74. The third-order valence-electron chi connectivity index (χ3n) is 3.02. The normalized spacial score (nSPS) is 10.8. The van der Waals surface area contributed by atoms with Crippen molar-refractivity contribution in [1.82, 2.24) is 20.2 Å². The van der Waals surface area contributed by atoms with Crippen LogP contribution in [0, 0.1) is 0 Å². The van der Waals surface area contributed by atoms with Gasteiger partial charge in [-0.1, -0.05) is 30.3 Å². The molecule has 0 unspecified atom stereocenters. The van der Waals surface area contributed by atoms with Crippen molar-refractivity contribution in [3.8, 4) is 5.75 Å². The Hall–Kier alpha value is -1.60. The number of methoxy groups -OCH3 is 1. The molecule has 0 aliphatic heterocycles. The van der Waals surface area contributed by atoms with Crippen molar-refractivity contribution in [2.75, 3.05) is 19.5 Å². The fraction of sp³-hybridized carbons (Fsp3) is 0.500. The lowest BCUT2D eigenvalue weighted by Gasteiger charge is -2.05. The number of nitrogens with zero attached hydrogens (tertiary/aromatic N) is 4. The van der Waals surface area contributed by atoms with Crippen molar-refractivity contribution in [2.24, 2.45) is 0 Å². The molecule has 0 radical (unpaired) electrons. The van der Waals surface area contributed by atoms with Crippen LogP contribution in [-0.4, -0.2) is 44.8 Å². The van der Waals surface area contributed by atoms with Gasteiger partial charge in [-0.05, 0) is 41.0 Å². The molecule has 2 aromatic rings. The van der Waals surface area contributed by atoms with Gasteiger partial charge in [-0.15, -0.1) is 5.10 Å². The predicted octanol–water partition coefficient (Wildman–Crippen LogP) is 1.98. The van der Waals surface area contributed by atoms with Crippen molar-refractivity contribution >= 4 is 11.8 Å². The summed E-state index contributed by atoms with van der Waals surface area (Å²) in [6, 6.07) is 7.88. The van der Waals surface area contributed by atoms with Crippen LogP contribution in [0.25, 0.3) is 0 Å². The van der Waals surface area contributed by atoms with E-state index >= 15 is 0 Å². The average molecular weight is 308 g/mol. The van der Waals surface area contributed by atoms with Gasteiger partial charge in [0.15, 0.2) is 0 Å². The number of ether oxygens (including phenoxy) is 1. The summed E-state index contributed by atoms with van der Waals surface area (Å²) in [4.78, 5) is 0. The Kier molecular flexibility index (Phi) is 6.49. The Morgan fingerprint density at radius 2 is 2.00 bits per heavy atom. The third kappa shape index (κ3) is 5.02. The lowest BCUT2D eigenvalue weighted by molar-refractivity contribution is 0.284. The minimum Gasteiger partial charge on any atom is -0.497 e. The van der Waals surface area contributed by atoms with Gasteiger partial charge in [0, 0.05) is 12.4 Å². The number of tetrazole rings is 1. The van der Waals surface area contributed by atoms with Crippen LogP contribution in [0.4, 0.5) is 0 Å². The Labute approximate surface area is 128 Å². The molecule has 0 saturated carbocycles. The first-order valence-corrected chi connectivity index (χ1v) is 7.95. The van der Waals surface area contributed by atoms with Crippen LogP contribution in [0.1, 0.15) is 24.8 Å². The molecule has 0 fully saturated rings. The highest BCUT2D eigenvalue weighted by Gasteiger charge is 2.07. The fourth-order valence-electron chi connectivity index (χ4n) is 1.86. The Morgan fingerprint density at radius 3 is 2.71 bits per heavy atom. The molecule has 7 heteroatoms. The van der Waals surface area contributed by atoms with Crippen molar-refractivity contribution < 1.29 is 9.84 Å². The second-order valence-electron chi connectivity index (χ2n) is 4.60. The highest BCUT2D eigenvalue weighted by Crippen LogP contribution is 2.18. The monoisotopic (exact) mass is 308 g/mol. The van der Waals surface area contributed by atoms with Crippen molar-refractivity contribution in [3.63, 3.8) is 0 Å². The zero-order chi connectivity index (χ0) is 14.9. The molecule has 0 amide bonds. The molecule has 2 rings (SSSR count). The molecule has 0 aliphatic carbocycles. The van der Waals surface area contributed by atoms with Gasteiger partial charge >= 0.3 is 0 Å². The van der Waals surface area contributed by atoms with E-state index in [9.17, 15) is 0 Å². The lowest BCUT2D eigenvalue weighted by Crippen LogP contribution is -2.04. The molecular formula is C14H20N4O2S. The molecule has 0 aliphatic rings. The summed E-state index contributed by atoms with van der Waals surface area (Å²) >= 11 is 1.65. The number of aliphatic hydroxyl groups is 1. The maximum absolute atomic E-state index is 8.74. The minimum atomic E-state index is 0.264. The first-order valence-electron chi connectivity index (χ1n) is 6.96. The number of benzene rings is 1. The number of aliphatic hydroxyl groups excluding tert-OH is 1. The first kappa shape index (κ1) is 15.8. The van der Waals surface area contributed by atoms with E-state index in [-0.39, 0.29) is 6.61 Å². The summed E-state index contributed by atoms with van der Waals surface area (Å²) < 4.78 is 6.95. The van der Waals surface area contributed by atoms with Crippen molar-refractivity contribution in [3.05, 3.63) is 29.8 Å². The summed E-state index contributed by atoms with van der Waals surface area (Å²) in [7, 11) is 1.65. The minimum absolute atomic E-state index is 0.264. The third-order valence-corrected chi connectivity index (χ3v) is 4.07. The number of aromatic nitrogens is 4. The summed E-state index contributed by atoms with van der Waals surface area (Å²) in [5.41, 5.74) is 1.13. The number of hydrogen-bond acceptors (Lipinski definition) is 6. The number of thioether (sulfide) groups is 1. The Morgan fingerprint density at radius 1 is 1.19 bits per heavy atom. The van der Waals surface area contributed by atoms with Gasteiger partial charge in [0.05, 0.1) is 13.7 Å². The number of hydrogen-bond donors (Lipinski definition) is 1. The number of unbranched alkanes of at least 4 members (excludes halogenated alkanes) is 2. The Balaban J connectivity index is 1.87. The van der Waals surface area contributed by atoms with Crippen LogP contribution in [0.5, 0.6) is 5.75 Å². The molecule has 1 aromatic heterocycles. The van der Waals surface area contributed by atoms with E-state index in [1.165, 1.54) is 0 Å². The molecule has 114 valence electrons. The Bertz CT molecular complexity index is 530. The van der Waals surface area contributed by atoms with Gasteiger partial charge in [0.25, 0.3) is 0 Å². The van der Waals surface area contributed by atoms with Crippen LogP contribution in [0.15, 0.2) is 29.4 Å².